The summed E-state index contributed by atoms with van der Waals surface area (Å²) in [6.45, 7) is 2.61. The first-order chi connectivity index (χ1) is 8.28. The van der Waals surface area contributed by atoms with Gasteiger partial charge >= 0.3 is 0 Å². The first kappa shape index (κ1) is 11.5. The molecule has 2 heteroatoms. The summed E-state index contributed by atoms with van der Waals surface area (Å²) in [5.74, 6) is 1.75. The maximum absolute atomic E-state index is 5.72. The Morgan fingerprint density at radius 1 is 0.941 bits per heavy atom. The van der Waals surface area contributed by atoms with Crippen LogP contribution in [0.4, 0.5) is 0 Å². The van der Waals surface area contributed by atoms with Crippen molar-refractivity contribution in [3.63, 3.8) is 0 Å². The van der Waals surface area contributed by atoms with E-state index in [2.05, 4.69) is 13.0 Å². The van der Waals surface area contributed by atoms with Crippen molar-refractivity contribution >= 4 is 0 Å². The van der Waals surface area contributed by atoms with E-state index in [9.17, 15) is 0 Å². The van der Waals surface area contributed by atoms with E-state index < -0.39 is 0 Å². The molecule has 0 aliphatic heterocycles. The lowest BCUT2D eigenvalue weighted by Crippen LogP contribution is -1.96. The molecule has 0 bridgehead atoms. The quantitative estimate of drug-likeness (QED) is 0.796. The molecule has 0 atom stereocenters. The lowest BCUT2D eigenvalue weighted by atomic mass is 10.2. The molecule has 88 valence electrons. The van der Waals surface area contributed by atoms with Gasteiger partial charge in [-0.05, 0) is 42.3 Å². The molecule has 2 aromatic carbocycles. The van der Waals surface area contributed by atoms with Gasteiger partial charge in [0.1, 0.15) is 18.1 Å². The Labute approximate surface area is 102 Å². The van der Waals surface area contributed by atoms with Gasteiger partial charge in [-0.15, -0.1) is 0 Å². The zero-order valence-electron chi connectivity index (χ0n) is 10.1. The summed E-state index contributed by atoms with van der Waals surface area (Å²) < 4.78 is 10.9. The third kappa shape index (κ3) is 3.25. The number of hydrogen-bond acceptors (Lipinski definition) is 2. The maximum atomic E-state index is 5.72. The molecule has 0 saturated heterocycles. The molecule has 2 nitrogen and oxygen atoms in total. The van der Waals surface area contributed by atoms with Crippen LogP contribution >= 0.6 is 0 Å². The fourth-order valence-corrected chi connectivity index (χ4v) is 1.63. The smallest absolute Gasteiger partial charge is 0.120 e. The number of methoxy groups -OCH3 is 1. The Balaban J connectivity index is 2.02. The van der Waals surface area contributed by atoms with Crippen molar-refractivity contribution in [2.75, 3.05) is 7.11 Å². The van der Waals surface area contributed by atoms with Crippen molar-refractivity contribution in [2.45, 2.75) is 13.5 Å². The molecule has 0 saturated carbocycles. The van der Waals surface area contributed by atoms with E-state index in [4.69, 9.17) is 9.47 Å². The number of hydrogen-bond donors (Lipinski definition) is 0. The minimum Gasteiger partial charge on any atom is -0.497 e. The lowest BCUT2D eigenvalue weighted by Gasteiger charge is -2.08. The molecule has 0 radical (unpaired) electrons. The van der Waals surface area contributed by atoms with Gasteiger partial charge in [-0.25, -0.2) is 0 Å². The molecule has 0 aliphatic carbocycles. The van der Waals surface area contributed by atoms with Gasteiger partial charge in [0.25, 0.3) is 0 Å². The van der Waals surface area contributed by atoms with Gasteiger partial charge < -0.3 is 9.47 Å². The van der Waals surface area contributed by atoms with Gasteiger partial charge in [-0.3, -0.25) is 0 Å². The maximum Gasteiger partial charge on any atom is 0.120 e. The van der Waals surface area contributed by atoms with Gasteiger partial charge in [0, 0.05) is 0 Å². The van der Waals surface area contributed by atoms with Crippen LogP contribution in [-0.2, 0) is 6.61 Å². The zero-order valence-corrected chi connectivity index (χ0v) is 10.1. The highest BCUT2D eigenvalue weighted by Gasteiger charge is 1.98. The van der Waals surface area contributed by atoms with Gasteiger partial charge in [-0.1, -0.05) is 24.3 Å². The normalized spacial score (nSPS) is 10.0. The van der Waals surface area contributed by atoms with E-state index in [1.165, 1.54) is 5.56 Å². The number of ether oxygens (including phenoxy) is 2. The zero-order chi connectivity index (χ0) is 12.1. The van der Waals surface area contributed by atoms with Crippen molar-refractivity contribution in [1.82, 2.24) is 0 Å². The Kier molecular flexibility index (Phi) is 3.66. The topological polar surface area (TPSA) is 18.5 Å². The fraction of sp³-hybridized carbons (Fsp3) is 0.200. The highest BCUT2D eigenvalue weighted by Crippen LogP contribution is 2.17. The molecule has 0 aliphatic rings. The molecular formula is C15H16O2. The van der Waals surface area contributed by atoms with E-state index in [0.717, 1.165) is 17.1 Å². The van der Waals surface area contributed by atoms with Crippen LogP contribution in [0.15, 0.2) is 48.5 Å². The predicted molar refractivity (Wildman–Crippen MR) is 68.5 cm³/mol. The summed E-state index contributed by atoms with van der Waals surface area (Å²) in [4.78, 5) is 0. The number of benzene rings is 2. The minimum absolute atomic E-state index is 0.556. The Morgan fingerprint density at radius 2 is 1.71 bits per heavy atom. The standard InChI is InChI=1S/C15H16O2/c1-12-5-3-8-15(9-12)17-11-13-6-4-7-14(10-13)16-2/h3-10H,11H2,1-2H3. The van der Waals surface area contributed by atoms with E-state index in [0.29, 0.717) is 6.61 Å². The largest absolute Gasteiger partial charge is 0.497 e. The van der Waals surface area contributed by atoms with Crippen LogP contribution in [-0.4, -0.2) is 7.11 Å². The number of rotatable bonds is 4. The highest BCUT2D eigenvalue weighted by atomic mass is 16.5. The predicted octanol–water partition coefficient (Wildman–Crippen LogP) is 3.58. The SMILES string of the molecule is COc1cccc(COc2cccc(C)c2)c1. The molecule has 2 rings (SSSR count). The summed E-state index contributed by atoms with van der Waals surface area (Å²) >= 11 is 0. The Morgan fingerprint density at radius 3 is 2.47 bits per heavy atom. The van der Waals surface area contributed by atoms with Gasteiger partial charge in [-0.2, -0.15) is 0 Å². The van der Waals surface area contributed by atoms with Crippen LogP contribution in [0.2, 0.25) is 0 Å². The molecule has 0 fully saturated rings. The minimum atomic E-state index is 0.556. The van der Waals surface area contributed by atoms with Gasteiger partial charge in [0.05, 0.1) is 7.11 Å². The Bertz CT molecular complexity index is 492. The molecule has 0 aromatic heterocycles. The summed E-state index contributed by atoms with van der Waals surface area (Å²) in [6, 6.07) is 15.9. The summed E-state index contributed by atoms with van der Waals surface area (Å²) in [6.07, 6.45) is 0. The number of aryl methyl sites for hydroxylation is 1. The average molecular weight is 228 g/mol. The summed E-state index contributed by atoms with van der Waals surface area (Å²) in [5.41, 5.74) is 2.30. The molecule has 0 heterocycles. The second-order valence-corrected chi connectivity index (χ2v) is 3.96. The first-order valence-electron chi connectivity index (χ1n) is 5.60. The molecular weight excluding hydrogens is 212 g/mol. The molecule has 0 unspecified atom stereocenters. The van der Waals surface area contributed by atoms with Crippen LogP contribution < -0.4 is 9.47 Å². The van der Waals surface area contributed by atoms with Crippen LogP contribution in [0.3, 0.4) is 0 Å². The van der Waals surface area contributed by atoms with Gasteiger partial charge in [0.2, 0.25) is 0 Å². The van der Waals surface area contributed by atoms with Crippen molar-refractivity contribution in [3.05, 3.63) is 59.7 Å². The summed E-state index contributed by atoms with van der Waals surface area (Å²) in [7, 11) is 1.67. The molecule has 0 spiro atoms. The van der Waals surface area contributed by atoms with Crippen LogP contribution in [0.5, 0.6) is 11.5 Å². The molecule has 0 amide bonds. The fourth-order valence-electron chi connectivity index (χ4n) is 1.63. The molecule has 17 heavy (non-hydrogen) atoms. The third-order valence-corrected chi connectivity index (χ3v) is 2.53. The van der Waals surface area contributed by atoms with Crippen molar-refractivity contribution in [3.8, 4) is 11.5 Å². The second kappa shape index (κ2) is 5.39. The van der Waals surface area contributed by atoms with Crippen molar-refractivity contribution in [2.24, 2.45) is 0 Å². The monoisotopic (exact) mass is 228 g/mol. The van der Waals surface area contributed by atoms with Gasteiger partial charge in [0.15, 0.2) is 0 Å². The van der Waals surface area contributed by atoms with E-state index in [1.54, 1.807) is 7.11 Å². The van der Waals surface area contributed by atoms with E-state index >= 15 is 0 Å². The third-order valence-electron chi connectivity index (χ3n) is 2.53. The summed E-state index contributed by atoms with van der Waals surface area (Å²) in [5, 5.41) is 0. The molecule has 0 N–H and O–H groups in total. The van der Waals surface area contributed by atoms with Crippen molar-refractivity contribution < 1.29 is 9.47 Å². The van der Waals surface area contributed by atoms with Crippen LogP contribution in [0, 0.1) is 6.92 Å². The average Bonchev–Trinajstić information content (AvgIpc) is 2.37. The molecule has 2 aromatic rings. The first-order valence-corrected chi connectivity index (χ1v) is 5.60. The second-order valence-electron chi connectivity index (χ2n) is 3.96. The lowest BCUT2D eigenvalue weighted by molar-refractivity contribution is 0.305. The van der Waals surface area contributed by atoms with Crippen LogP contribution in [0.1, 0.15) is 11.1 Å². The van der Waals surface area contributed by atoms with Crippen LogP contribution in [0.25, 0.3) is 0 Å². The Hall–Kier alpha value is -1.96. The van der Waals surface area contributed by atoms with E-state index in [-0.39, 0.29) is 0 Å². The van der Waals surface area contributed by atoms with Crippen molar-refractivity contribution in [1.29, 1.82) is 0 Å². The van der Waals surface area contributed by atoms with E-state index in [1.807, 2.05) is 42.5 Å². The highest BCUT2D eigenvalue weighted by molar-refractivity contribution is 5.30.